The lowest BCUT2D eigenvalue weighted by Crippen LogP contribution is -2.19. The molecule has 0 saturated heterocycles. The molecule has 1 heterocycles. The van der Waals surface area contributed by atoms with Gasteiger partial charge in [0, 0.05) is 28.5 Å². The minimum Gasteiger partial charge on any atom is -0.267 e. The minimum absolute atomic E-state index is 0.295. The van der Waals surface area contributed by atoms with Crippen molar-refractivity contribution in [1.82, 2.24) is 10.4 Å². The second-order valence-electron chi connectivity index (χ2n) is 3.88. The Morgan fingerprint density at radius 3 is 2.63 bits per heavy atom. The van der Waals surface area contributed by atoms with Gasteiger partial charge in [0.25, 0.3) is 5.91 Å². The van der Waals surface area contributed by atoms with Crippen LogP contribution in [-0.4, -0.2) is 16.6 Å². The fourth-order valence-corrected chi connectivity index (χ4v) is 1.68. The molecule has 0 aliphatic carbocycles. The summed E-state index contributed by atoms with van der Waals surface area (Å²) in [5.74, 6) is -0.295. The first-order chi connectivity index (χ1) is 9.16. The van der Waals surface area contributed by atoms with Gasteiger partial charge in [-0.2, -0.15) is 5.10 Å². The maximum atomic E-state index is 11.8. The van der Waals surface area contributed by atoms with E-state index in [9.17, 15) is 4.79 Å². The van der Waals surface area contributed by atoms with E-state index in [4.69, 9.17) is 11.6 Å². The van der Waals surface area contributed by atoms with Gasteiger partial charge in [-0.25, -0.2) is 5.43 Å². The molecule has 0 fully saturated rings. The summed E-state index contributed by atoms with van der Waals surface area (Å²) in [4.78, 5) is 15.8. The second-order valence-corrected chi connectivity index (χ2v) is 4.32. The van der Waals surface area contributed by atoms with Crippen LogP contribution in [0.3, 0.4) is 0 Å². The number of nitrogens with zero attached hydrogens (tertiary/aromatic N) is 2. The number of hydrogen-bond donors (Lipinski definition) is 1. The third-order valence-electron chi connectivity index (χ3n) is 2.51. The Labute approximate surface area is 116 Å². The molecule has 1 amide bonds. The van der Waals surface area contributed by atoms with E-state index in [2.05, 4.69) is 15.5 Å². The van der Waals surface area contributed by atoms with Crippen LogP contribution in [0.15, 0.2) is 53.9 Å². The SMILES string of the molecule is C/C(=N\NC(=O)c1cccc(Cl)c1)c1ccncc1. The number of aromatic nitrogens is 1. The van der Waals surface area contributed by atoms with Gasteiger partial charge in [-0.05, 0) is 37.3 Å². The molecular weight excluding hydrogens is 262 g/mol. The van der Waals surface area contributed by atoms with Crippen molar-refractivity contribution in [2.24, 2.45) is 5.10 Å². The van der Waals surface area contributed by atoms with E-state index in [-0.39, 0.29) is 5.91 Å². The van der Waals surface area contributed by atoms with Gasteiger partial charge >= 0.3 is 0 Å². The van der Waals surface area contributed by atoms with Crippen LogP contribution in [0.1, 0.15) is 22.8 Å². The highest BCUT2D eigenvalue weighted by Gasteiger charge is 2.05. The molecule has 0 atom stereocenters. The van der Waals surface area contributed by atoms with E-state index in [0.29, 0.717) is 16.3 Å². The Bertz CT molecular complexity index is 611. The lowest BCUT2D eigenvalue weighted by molar-refractivity contribution is 0.0955. The maximum Gasteiger partial charge on any atom is 0.271 e. The first-order valence-corrected chi connectivity index (χ1v) is 6.05. The molecule has 96 valence electrons. The number of carbonyl (C=O) groups is 1. The predicted octanol–water partition coefficient (Wildman–Crippen LogP) is 2.89. The summed E-state index contributed by atoms with van der Waals surface area (Å²) < 4.78 is 0. The Kier molecular flexibility index (Phi) is 4.26. The van der Waals surface area contributed by atoms with Crippen LogP contribution in [0.4, 0.5) is 0 Å². The van der Waals surface area contributed by atoms with Crippen molar-refractivity contribution in [2.75, 3.05) is 0 Å². The molecule has 0 spiro atoms. The van der Waals surface area contributed by atoms with E-state index in [0.717, 1.165) is 5.56 Å². The van der Waals surface area contributed by atoms with Crippen LogP contribution in [0, 0.1) is 0 Å². The van der Waals surface area contributed by atoms with Gasteiger partial charge in [-0.15, -0.1) is 0 Å². The van der Waals surface area contributed by atoms with Crippen LogP contribution in [0.5, 0.6) is 0 Å². The summed E-state index contributed by atoms with van der Waals surface area (Å²) in [5, 5.41) is 4.56. The minimum atomic E-state index is -0.295. The molecule has 0 radical (unpaired) electrons. The molecular formula is C14H12ClN3O. The zero-order valence-corrected chi connectivity index (χ0v) is 11.1. The van der Waals surface area contributed by atoms with Crippen molar-refractivity contribution in [3.8, 4) is 0 Å². The average molecular weight is 274 g/mol. The first kappa shape index (κ1) is 13.2. The summed E-state index contributed by atoms with van der Waals surface area (Å²) in [6, 6.07) is 10.3. The lowest BCUT2D eigenvalue weighted by Gasteiger charge is -2.03. The number of rotatable bonds is 3. The zero-order chi connectivity index (χ0) is 13.7. The van der Waals surface area contributed by atoms with Gasteiger partial charge in [0.15, 0.2) is 0 Å². The maximum absolute atomic E-state index is 11.8. The van der Waals surface area contributed by atoms with E-state index < -0.39 is 0 Å². The topological polar surface area (TPSA) is 54.4 Å². The molecule has 0 aliphatic heterocycles. The fraction of sp³-hybridized carbons (Fsp3) is 0.0714. The summed E-state index contributed by atoms with van der Waals surface area (Å²) in [5.41, 5.74) is 4.58. The van der Waals surface area contributed by atoms with Crippen LogP contribution >= 0.6 is 11.6 Å². The van der Waals surface area contributed by atoms with Crippen LogP contribution in [-0.2, 0) is 0 Å². The number of halogens is 1. The van der Waals surface area contributed by atoms with E-state index >= 15 is 0 Å². The number of benzene rings is 1. The van der Waals surface area contributed by atoms with E-state index in [1.807, 2.05) is 19.1 Å². The van der Waals surface area contributed by atoms with Gasteiger partial charge in [0.1, 0.15) is 0 Å². The molecule has 0 saturated carbocycles. The van der Waals surface area contributed by atoms with Gasteiger partial charge in [-0.3, -0.25) is 9.78 Å². The Morgan fingerprint density at radius 2 is 1.95 bits per heavy atom. The molecule has 1 N–H and O–H groups in total. The van der Waals surface area contributed by atoms with Gasteiger partial charge in [0.2, 0.25) is 0 Å². The highest BCUT2D eigenvalue weighted by Crippen LogP contribution is 2.10. The third-order valence-corrected chi connectivity index (χ3v) is 2.75. The number of hydrazone groups is 1. The van der Waals surface area contributed by atoms with Gasteiger partial charge in [0.05, 0.1) is 5.71 Å². The average Bonchev–Trinajstić information content (AvgIpc) is 2.45. The fourth-order valence-electron chi connectivity index (χ4n) is 1.49. The van der Waals surface area contributed by atoms with Gasteiger partial charge in [-0.1, -0.05) is 17.7 Å². The largest absolute Gasteiger partial charge is 0.271 e. The van der Waals surface area contributed by atoms with Crippen molar-refractivity contribution in [2.45, 2.75) is 6.92 Å². The molecule has 0 aliphatic rings. The summed E-state index contributed by atoms with van der Waals surface area (Å²) in [6.45, 7) is 1.81. The number of carbonyl (C=O) groups excluding carboxylic acids is 1. The van der Waals surface area contributed by atoms with Crippen LogP contribution in [0.2, 0.25) is 5.02 Å². The Hall–Kier alpha value is -2.20. The van der Waals surface area contributed by atoms with Crippen LogP contribution < -0.4 is 5.43 Å². The van der Waals surface area contributed by atoms with Crippen molar-refractivity contribution in [3.63, 3.8) is 0 Å². The molecule has 19 heavy (non-hydrogen) atoms. The predicted molar refractivity (Wildman–Crippen MR) is 75.4 cm³/mol. The lowest BCUT2D eigenvalue weighted by atomic mass is 10.2. The molecule has 1 aromatic heterocycles. The quantitative estimate of drug-likeness (QED) is 0.690. The van der Waals surface area contributed by atoms with Crippen molar-refractivity contribution >= 4 is 23.2 Å². The second kappa shape index (κ2) is 6.11. The monoisotopic (exact) mass is 273 g/mol. The zero-order valence-electron chi connectivity index (χ0n) is 10.3. The third kappa shape index (κ3) is 3.63. The molecule has 1 aromatic carbocycles. The smallest absolute Gasteiger partial charge is 0.267 e. The molecule has 0 unspecified atom stereocenters. The number of hydrogen-bond acceptors (Lipinski definition) is 3. The molecule has 2 rings (SSSR count). The summed E-state index contributed by atoms with van der Waals surface area (Å²) >= 11 is 5.82. The van der Waals surface area contributed by atoms with Crippen molar-refractivity contribution < 1.29 is 4.79 Å². The summed E-state index contributed by atoms with van der Waals surface area (Å²) in [6.07, 6.45) is 3.35. The normalized spacial score (nSPS) is 11.2. The Balaban J connectivity index is 2.08. The van der Waals surface area contributed by atoms with Crippen LogP contribution in [0.25, 0.3) is 0 Å². The molecule has 4 nitrogen and oxygen atoms in total. The highest BCUT2D eigenvalue weighted by atomic mass is 35.5. The first-order valence-electron chi connectivity index (χ1n) is 5.67. The van der Waals surface area contributed by atoms with E-state index in [1.165, 1.54) is 0 Å². The number of amides is 1. The van der Waals surface area contributed by atoms with Crippen molar-refractivity contribution in [1.29, 1.82) is 0 Å². The van der Waals surface area contributed by atoms with E-state index in [1.54, 1.807) is 36.7 Å². The standard InChI is InChI=1S/C14H12ClN3O/c1-10(11-5-7-16-8-6-11)17-18-14(19)12-3-2-4-13(15)9-12/h2-9H,1H3,(H,18,19)/b17-10+. The summed E-state index contributed by atoms with van der Waals surface area (Å²) in [7, 11) is 0. The van der Waals surface area contributed by atoms with Gasteiger partial charge < -0.3 is 0 Å². The molecule has 2 aromatic rings. The number of nitrogens with one attached hydrogen (secondary N) is 1. The molecule has 0 bridgehead atoms. The Morgan fingerprint density at radius 1 is 1.21 bits per heavy atom. The van der Waals surface area contributed by atoms with Crippen molar-refractivity contribution in [3.05, 3.63) is 64.9 Å². The number of pyridine rings is 1. The highest BCUT2D eigenvalue weighted by molar-refractivity contribution is 6.30. The molecule has 5 heteroatoms.